The van der Waals surface area contributed by atoms with Gasteiger partial charge in [-0.1, -0.05) is 43.0 Å². The summed E-state index contributed by atoms with van der Waals surface area (Å²) < 4.78 is 0. The van der Waals surface area contributed by atoms with E-state index in [0.29, 0.717) is 23.5 Å². The zero-order valence-electron chi connectivity index (χ0n) is 17.7. The van der Waals surface area contributed by atoms with Crippen molar-refractivity contribution in [2.24, 2.45) is 10.7 Å². The highest BCUT2D eigenvalue weighted by Gasteiger charge is 2.10. The molecule has 0 aliphatic carbocycles. The Bertz CT molecular complexity index is 1050. The lowest BCUT2D eigenvalue weighted by Gasteiger charge is -2.14. The van der Waals surface area contributed by atoms with Gasteiger partial charge in [-0.25, -0.2) is 0 Å². The molecule has 6 heteroatoms. The smallest absolute Gasteiger partial charge is 0.231 e. The molecule has 0 aliphatic heterocycles. The van der Waals surface area contributed by atoms with Crippen LogP contribution in [0.4, 0.5) is 0 Å². The zero-order chi connectivity index (χ0) is 22.1. The van der Waals surface area contributed by atoms with Gasteiger partial charge in [0.15, 0.2) is 6.29 Å². The standard InChI is InChI=1S/C24H28N4O2/c1-5-7-18(8-6-2)21(26-3)13-20(16-29)23-12-19-10-9-17(11-22(19)27-23)14-28(4)15-24(25)30/h5-13,16,27H,1,14-15H2,2-4H3,(H2,25,30)/b8-6-,18-7+,20-13+,26-21?. The first-order valence-electron chi connectivity index (χ1n) is 9.60. The lowest BCUT2D eigenvalue weighted by Crippen LogP contribution is -2.30. The highest BCUT2D eigenvalue weighted by atomic mass is 16.1. The number of nitrogens with zero attached hydrogens (tertiary/aromatic N) is 2. The van der Waals surface area contributed by atoms with Crippen molar-refractivity contribution in [3.05, 3.63) is 78.1 Å². The molecule has 0 bridgehead atoms. The number of hydrogen-bond donors (Lipinski definition) is 2. The van der Waals surface area contributed by atoms with E-state index in [0.717, 1.165) is 28.3 Å². The van der Waals surface area contributed by atoms with Gasteiger partial charge in [0.05, 0.1) is 12.3 Å². The van der Waals surface area contributed by atoms with Crippen LogP contribution in [0.5, 0.6) is 0 Å². The number of aliphatic imine (C=N–C) groups is 1. The Morgan fingerprint density at radius 3 is 2.70 bits per heavy atom. The Morgan fingerprint density at radius 1 is 1.33 bits per heavy atom. The molecule has 2 rings (SSSR count). The molecule has 0 atom stereocenters. The van der Waals surface area contributed by atoms with E-state index in [-0.39, 0.29) is 12.5 Å². The van der Waals surface area contributed by atoms with Crippen molar-refractivity contribution in [3.63, 3.8) is 0 Å². The second kappa shape index (κ2) is 10.9. The Labute approximate surface area is 177 Å². The van der Waals surface area contributed by atoms with Gasteiger partial charge < -0.3 is 10.7 Å². The van der Waals surface area contributed by atoms with Crippen molar-refractivity contribution in [1.29, 1.82) is 0 Å². The van der Waals surface area contributed by atoms with Gasteiger partial charge in [-0.05, 0) is 43.3 Å². The summed E-state index contributed by atoms with van der Waals surface area (Å²) in [6.07, 6.45) is 9.95. The number of hydrogen-bond acceptors (Lipinski definition) is 4. The third-order valence-corrected chi connectivity index (χ3v) is 4.48. The third-order valence-electron chi connectivity index (χ3n) is 4.48. The maximum Gasteiger partial charge on any atom is 0.231 e. The summed E-state index contributed by atoms with van der Waals surface area (Å²) >= 11 is 0. The number of likely N-dealkylation sites (N-methyl/N-ethyl adjacent to an activating group) is 1. The van der Waals surface area contributed by atoms with Crippen molar-refractivity contribution in [2.75, 3.05) is 20.6 Å². The average molecular weight is 405 g/mol. The van der Waals surface area contributed by atoms with Crippen LogP contribution in [0.15, 0.2) is 71.8 Å². The van der Waals surface area contributed by atoms with Crippen molar-refractivity contribution in [3.8, 4) is 0 Å². The number of H-pyrrole nitrogens is 1. The number of benzene rings is 1. The van der Waals surface area contributed by atoms with E-state index < -0.39 is 0 Å². The van der Waals surface area contributed by atoms with E-state index in [1.165, 1.54) is 0 Å². The molecule has 0 saturated heterocycles. The largest absolute Gasteiger partial charge is 0.369 e. The monoisotopic (exact) mass is 404 g/mol. The number of rotatable bonds is 10. The molecule has 1 amide bonds. The Balaban J connectivity index is 2.38. The number of carbonyl (C=O) groups is 2. The number of aromatic nitrogens is 1. The van der Waals surface area contributed by atoms with Crippen LogP contribution < -0.4 is 5.73 Å². The van der Waals surface area contributed by atoms with E-state index >= 15 is 0 Å². The minimum atomic E-state index is -0.363. The van der Waals surface area contributed by atoms with Gasteiger partial charge in [0.25, 0.3) is 0 Å². The van der Waals surface area contributed by atoms with Crippen LogP contribution in [0.3, 0.4) is 0 Å². The fourth-order valence-electron chi connectivity index (χ4n) is 3.19. The second-order valence-corrected chi connectivity index (χ2v) is 6.93. The van der Waals surface area contributed by atoms with Gasteiger partial charge in [-0.15, -0.1) is 0 Å². The summed E-state index contributed by atoms with van der Waals surface area (Å²) in [5.41, 5.74) is 9.96. The molecular weight excluding hydrogens is 376 g/mol. The molecule has 0 spiro atoms. The quantitative estimate of drug-likeness (QED) is 0.275. The minimum Gasteiger partial charge on any atom is -0.369 e. The van der Waals surface area contributed by atoms with Crippen LogP contribution in [-0.4, -0.2) is 48.4 Å². The van der Waals surface area contributed by atoms with Crippen LogP contribution in [0.25, 0.3) is 16.5 Å². The van der Waals surface area contributed by atoms with Gasteiger partial charge in [-0.2, -0.15) is 0 Å². The fraction of sp³-hybridized carbons (Fsp3) is 0.208. The number of allylic oxidation sites excluding steroid dienone is 7. The highest BCUT2D eigenvalue weighted by Crippen LogP contribution is 2.22. The topological polar surface area (TPSA) is 91.5 Å². The summed E-state index contributed by atoms with van der Waals surface area (Å²) in [5, 5.41) is 0.990. The predicted molar refractivity (Wildman–Crippen MR) is 124 cm³/mol. The maximum atomic E-state index is 11.8. The van der Waals surface area contributed by atoms with Crippen LogP contribution in [0, 0.1) is 0 Å². The Hall–Kier alpha value is -3.51. The molecule has 0 unspecified atom stereocenters. The lowest BCUT2D eigenvalue weighted by molar-refractivity contribution is -0.119. The summed E-state index contributed by atoms with van der Waals surface area (Å²) in [5.74, 6) is -0.363. The van der Waals surface area contributed by atoms with Gasteiger partial charge in [0.1, 0.15) is 0 Å². The molecule has 30 heavy (non-hydrogen) atoms. The van der Waals surface area contributed by atoms with Crippen molar-refractivity contribution in [2.45, 2.75) is 13.5 Å². The van der Waals surface area contributed by atoms with Gasteiger partial charge in [0.2, 0.25) is 5.91 Å². The SMILES string of the molecule is C=C/C=C(\C=C/C)C(/C=C(\C=O)c1cc2ccc(CN(C)CC(N)=O)cc2[nH]1)=NC. The van der Waals surface area contributed by atoms with Gasteiger partial charge in [-0.3, -0.25) is 19.5 Å². The highest BCUT2D eigenvalue weighted by molar-refractivity contribution is 6.21. The van der Waals surface area contributed by atoms with E-state index in [4.69, 9.17) is 5.73 Å². The predicted octanol–water partition coefficient (Wildman–Crippen LogP) is 3.43. The zero-order valence-corrected chi connectivity index (χ0v) is 17.7. The number of nitrogens with one attached hydrogen (secondary N) is 1. The van der Waals surface area contributed by atoms with Gasteiger partial charge >= 0.3 is 0 Å². The summed E-state index contributed by atoms with van der Waals surface area (Å²) in [4.78, 5) is 32.4. The number of nitrogens with two attached hydrogens (primary N) is 1. The molecule has 2 aromatic rings. The number of fused-ring (bicyclic) bond motifs is 1. The molecule has 0 radical (unpaired) electrons. The number of aldehydes is 1. The maximum absolute atomic E-state index is 11.8. The van der Waals surface area contributed by atoms with Crippen LogP contribution in [0.1, 0.15) is 18.2 Å². The Kier molecular flexibility index (Phi) is 8.26. The summed E-state index contributed by atoms with van der Waals surface area (Å²) in [6, 6.07) is 7.93. The molecule has 1 heterocycles. The van der Waals surface area contributed by atoms with E-state index in [9.17, 15) is 9.59 Å². The van der Waals surface area contributed by atoms with Crippen molar-refractivity contribution < 1.29 is 9.59 Å². The first kappa shape index (κ1) is 22.8. The van der Waals surface area contributed by atoms with Crippen molar-refractivity contribution in [1.82, 2.24) is 9.88 Å². The van der Waals surface area contributed by atoms with E-state index in [1.54, 1.807) is 19.2 Å². The molecule has 156 valence electrons. The number of aromatic amines is 1. The number of amides is 1. The van der Waals surface area contributed by atoms with Crippen LogP contribution >= 0.6 is 0 Å². The molecule has 0 saturated carbocycles. The number of primary amides is 1. The van der Waals surface area contributed by atoms with Crippen molar-refractivity contribution >= 4 is 34.4 Å². The van der Waals surface area contributed by atoms with Gasteiger partial charge in [0, 0.05) is 35.8 Å². The van der Waals surface area contributed by atoms with Crippen LogP contribution in [0.2, 0.25) is 0 Å². The van der Waals surface area contributed by atoms with E-state index in [2.05, 4.69) is 16.6 Å². The second-order valence-electron chi connectivity index (χ2n) is 6.93. The molecule has 3 N–H and O–H groups in total. The first-order chi connectivity index (χ1) is 14.4. The molecule has 0 aliphatic rings. The molecule has 0 fully saturated rings. The summed E-state index contributed by atoms with van der Waals surface area (Å²) in [7, 11) is 3.53. The first-order valence-corrected chi connectivity index (χ1v) is 9.60. The van der Waals surface area contributed by atoms with Crippen LogP contribution in [-0.2, 0) is 16.1 Å². The lowest BCUT2D eigenvalue weighted by atomic mass is 10.0. The van der Waals surface area contributed by atoms with E-state index in [1.807, 2.05) is 61.4 Å². The molecular formula is C24H28N4O2. The third kappa shape index (κ3) is 5.99. The summed E-state index contributed by atoms with van der Waals surface area (Å²) in [6.45, 7) is 6.45. The fourth-order valence-corrected chi connectivity index (χ4v) is 3.19. The molecule has 1 aromatic carbocycles. The minimum absolute atomic E-state index is 0.192. The molecule has 1 aromatic heterocycles. The molecule has 6 nitrogen and oxygen atoms in total. The Morgan fingerprint density at radius 2 is 2.10 bits per heavy atom. The number of carbonyl (C=O) groups excluding carboxylic acids is 2. The normalized spacial score (nSPS) is 13.4. The average Bonchev–Trinajstić information content (AvgIpc) is 3.11.